The van der Waals surface area contributed by atoms with Gasteiger partial charge in [-0.05, 0) is 38.4 Å². The van der Waals surface area contributed by atoms with Crippen molar-refractivity contribution in [1.29, 1.82) is 0 Å². The van der Waals surface area contributed by atoms with E-state index >= 15 is 0 Å². The summed E-state index contributed by atoms with van der Waals surface area (Å²) >= 11 is 0. The molecular weight excluding hydrogens is 255 g/mol. The molecule has 0 radical (unpaired) electrons. The van der Waals surface area contributed by atoms with Crippen molar-refractivity contribution in [3.8, 4) is 0 Å². The van der Waals surface area contributed by atoms with Crippen LogP contribution in [0.15, 0.2) is 18.5 Å². The standard InChI is InChI=1S/C15H21FN4/c1-4-5-17-9-15-11(2)19-20(12(15)3)10-13-6-14(16)8-18-7-13/h6-8,17H,4-5,9-10H2,1-3H3. The predicted octanol–water partition coefficient (Wildman–Crippen LogP) is 2.58. The van der Waals surface area contributed by atoms with Crippen LogP contribution in [0, 0.1) is 19.7 Å². The van der Waals surface area contributed by atoms with Gasteiger partial charge in [0.1, 0.15) is 5.82 Å². The predicted molar refractivity (Wildman–Crippen MR) is 77.0 cm³/mol. The van der Waals surface area contributed by atoms with Crippen molar-refractivity contribution in [2.45, 2.75) is 40.3 Å². The van der Waals surface area contributed by atoms with Gasteiger partial charge in [-0.2, -0.15) is 5.10 Å². The van der Waals surface area contributed by atoms with Gasteiger partial charge >= 0.3 is 0 Å². The van der Waals surface area contributed by atoms with Crippen LogP contribution < -0.4 is 5.32 Å². The molecule has 0 fully saturated rings. The first kappa shape index (κ1) is 14.7. The number of hydrogen-bond acceptors (Lipinski definition) is 3. The summed E-state index contributed by atoms with van der Waals surface area (Å²) in [5, 5.41) is 7.93. The molecule has 1 N–H and O–H groups in total. The summed E-state index contributed by atoms with van der Waals surface area (Å²) in [6, 6.07) is 1.50. The second kappa shape index (κ2) is 6.61. The Labute approximate surface area is 119 Å². The summed E-state index contributed by atoms with van der Waals surface area (Å²) in [6.07, 6.45) is 4.00. The Morgan fingerprint density at radius 3 is 2.80 bits per heavy atom. The van der Waals surface area contributed by atoms with E-state index in [1.54, 1.807) is 6.20 Å². The van der Waals surface area contributed by atoms with E-state index in [9.17, 15) is 4.39 Å². The molecule has 2 aromatic heterocycles. The highest BCUT2D eigenvalue weighted by atomic mass is 19.1. The molecule has 0 saturated heterocycles. The molecule has 0 amide bonds. The average Bonchev–Trinajstić information content (AvgIpc) is 2.66. The fourth-order valence-electron chi connectivity index (χ4n) is 2.25. The second-order valence-corrected chi connectivity index (χ2v) is 5.00. The van der Waals surface area contributed by atoms with Crippen LogP contribution in [0.1, 0.15) is 35.9 Å². The van der Waals surface area contributed by atoms with E-state index in [4.69, 9.17) is 0 Å². The highest BCUT2D eigenvalue weighted by molar-refractivity contribution is 5.25. The molecule has 0 unspecified atom stereocenters. The van der Waals surface area contributed by atoms with Crippen LogP contribution in [0.3, 0.4) is 0 Å². The monoisotopic (exact) mass is 276 g/mol. The fraction of sp³-hybridized carbons (Fsp3) is 0.467. The van der Waals surface area contributed by atoms with E-state index < -0.39 is 0 Å². The third kappa shape index (κ3) is 3.42. The molecule has 0 spiro atoms. The van der Waals surface area contributed by atoms with Crippen LogP contribution in [-0.2, 0) is 13.1 Å². The van der Waals surface area contributed by atoms with E-state index in [1.165, 1.54) is 17.8 Å². The number of pyridine rings is 1. The van der Waals surface area contributed by atoms with Gasteiger partial charge in [0.15, 0.2) is 0 Å². The zero-order valence-corrected chi connectivity index (χ0v) is 12.3. The molecule has 20 heavy (non-hydrogen) atoms. The first-order chi connectivity index (χ1) is 9.61. The first-order valence-corrected chi connectivity index (χ1v) is 6.94. The Bertz CT molecular complexity index is 577. The maximum atomic E-state index is 13.2. The average molecular weight is 276 g/mol. The third-order valence-electron chi connectivity index (χ3n) is 3.35. The molecule has 0 aliphatic rings. The zero-order valence-electron chi connectivity index (χ0n) is 12.3. The fourth-order valence-corrected chi connectivity index (χ4v) is 2.25. The van der Waals surface area contributed by atoms with Crippen LogP contribution in [-0.4, -0.2) is 21.3 Å². The van der Waals surface area contributed by atoms with Crippen molar-refractivity contribution in [2.75, 3.05) is 6.54 Å². The normalized spacial score (nSPS) is 11.0. The number of halogens is 1. The summed E-state index contributed by atoms with van der Waals surface area (Å²) in [4.78, 5) is 3.87. The van der Waals surface area contributed by atoms with Crippen LogP contribution in [0.2, 0.25) is 0 Å². The number of nitrogens with one attached hydrogen (secondary N) is 1. The smallest absolute Gasteiger partial charge is 0.141 e. The van der Waals surface area contributed by atoms with Crippen molar-refractivity contribution in [3.05, 3.63) is 46.8 Å². The third-order valence-corrected chi connectivity index (χ3v) is 3.35. The lowest BCUT2D eigenvalue weighted by Gasteiger charge is -2.06. The lowest BCUT2D eigenvalue weighted by molar-refractivity contribution is 0.607. The Hall–Kier alpha value is -1.75. The Balaban J connectivity index is 2.15. The second-order valence-electron chi connectivity index (χ2n) is 5.00. The highest BCUT2D eigenvalue weighted by Crippen LogP contribution is 2.14. The molecule has 108 valence electrons. The molecule has 0 aromatic carbocycles. The summed E-state index contributed by atoms with van der Waals surface area (Å²) in [7, 11) is 0. The van der Waals surface area contributed by atoms with Gasteiger partial charge in [-0.3, -0.25) is 9.67 Å². The van der Waals surface area contributed by atoms with E-state index in [0.717, 1.165) is 36.5 Å². The van der Waals surface area contributed by atoms with E-state index in [-0.39, 0.29) is 5.82 Å². The van der Waals surface area contributed by atoms with Crippen LogP contribution in [0.4, 0.5) is 4.39 Å². The van der Waals surface area contributed by atoms with Gasteiger partial charge in [0.05, 0.1) is 18.4 Å². The lowest BCUT2D eigenvalue weighted by Crippen LogP contribution is -2.15. The topological polar surface area (TPSA) is 42.7 Å². The SMILES string of the molecule is CCCNCc1c(C)nn(Cc2cncc(F)c2)c1C. The van der Waals surface area contributed by atoms with Crippen LogP contribution in [0.5, 0.6) is 0 Å². The quantitative estimate of drug-likeness (QED) is 0.825. The summed E-state index contributed by atoms with van der Waals surface area (Å²) in [5.41, 5.74) is 4.19. The number of aryl methyl sites for hydroxylation is 1. The highest BCUT2D eigenvalue weighted by Gasteiger charge is 2.11. The van der Waals surface area contributed by atoms with Crippen molar-refractivity contribution in [1.82, 2.24) is 20.1 Å². The molecule has 2 heterocycles. The van der Waals surface area contributed by atoms with Gasteiger partial charge in [-0.15, -0.1) is 0 Å². The molecule has 2 aromatic rings. The van der Waals surface area contributed by atoms with Crippen molar-refractivity contribution >= 4 is 0 Å². The zero-order chi connectivity index (χ0) is 14.5. The molecule has 2 rings (SSSR count). The molecule has 0 saturated carbocycles. The molecule has 0 aliphatic carbocycles. The molecular formula is C15H21FN4. The van der Waals surface area contributed by atoms with Crippen molar-refractivity contribution in [3.63, 3.8) is 0 Å². The van der Waals surface area contributed by atoms with Gasteiger partial charge in [0, 0.05) is 24.0 Å². The maximum Gasteiger partial charge on any atom is 0.141 e. The number of rotatable bonds is 6. The Kier molecular flexibility index (Phi) is 4.84. The minimum absolute atomic E-state index is 0.311. The van der Waals surface area contributed by atoms with Crippen LogP contribution in [0.25, 0.3) is 0 Å². The molecule has 0 atom stereocenters. The summed E-state index contributed by atoms with van der Waals surface area (Å²) < 4.78 is 15.1. The summed E-state index contributed by atoms with van der Waals surface area (Å²) in [6.45, 7) is 8.58. The van der Waals surface area contributed by atoms with E-state index in [2.05, 4.69) is 29.2 Å². The number of aromatic nitrogens is 3. The lowest BCUT2D eigenvalue weighted by atomic mass is 10.2. The van der Waals surface area contributed by atoms with Gasteiger partial charge < -0.3 is 5.32 Å². The molecule has 0 aliphatic heterocycles. The minimum atomic E-state index is -0.311. The van der Waals surface area contributed by atoms with Crippen molar-refractivity contribution < 1.29 is 4.39 Å². The van der Waals surface area contributed by atoms with E-state index in [0.29, 0.717) is 6.54 Å². The maximum absolute atomic E-state index is 13.2. The Morgan fingerprint density at radius 2 is 2.10 bits per heavy atom. The van der Waals surface area contributed by atoms with E-state index in [1.807, 2.05) is 11.6 Å². The largest absolute Gasteiger partial charge is 0.313 e. The molecule has 4 nitrogen and oxygen atoms in total. The van der Waals surface area contributed by atoms with Crippen LogP contribution >= 0.6 is 0 Å². The van der Waals surface area contributed by atoms with Gasteiger partial charge in [0.25, 0.3) is 0 Å². The molecule has 5 heteroatoms. The first-order valence-electron chi connectivity index (χ1n) is 6.94. The number of hydrogen-bond donors (Lipinski definition) is 1. The minimum Gasteiger partial charge on any atom is -0.313 e. The number of nitrogens with zero attached hydrogens (tertiary/aromatic N) is 3. The van der Waals surface area contributed by atoms with Crippen molar-refractivity contribution in [2.24, 2.45) is 0 Å². The Morgan fingerprint density at radius 1 is 1.30 bits per heavy atom. The molecule has 0 bridgehead atoms. The summed E-state index contributed by atoms with van der Waals surface area (Å²) in [5.74, 6) is -0.311. The van der Waals surface area contributed by atoms with Gasteiger partial charge in [-0.25, -0.2) is 4.39 Å². The van der Waals surface area contributed by atoms with Gasteiger partial charge in [-0.1, -0.05) is 6.92 Å². The van der Waals surface area contributed by atoms with Gasteiger partial charge in [0.2, 0.25) is 0 Å².